The largest absolute Gasteiger partial charge is 0.379 e. The quantitative estimate of drug-likeness (QED) is 0.366. The Hall–Kier alpha value is -3.63. The molecule has 0 bridgehead atoms. The van der Waals surface area contributed by atoms with Crippen LogP contribution in [-0.2, 0) is 7.05 Å². The summed E-state index contributed by atoms with van der Waals surface area (Å²) in [5.41, 5.74) is 7.26. The van der Waals surface area contributed by atoms with Crippen LogP contribution >= 0.6 is 11.3 Å². The van der Waals surface area contributed by atoms with E-state index in [1.54, 1.807) is 22.3 Å². The van der Waals surface area contributed by atoms with Gasteiger partial charge in [0.15, 0.2) is 0 Å². The second-order valence-electron chi connectivity index (χ2n) is 9.02. The first kappa shape index (κ1) is 21.9. The zero-order valence-corrected chi connectivity index (χ0v) is 20.3. The summed E-state index contributed by atoms with van der Waals surface area (Å²) in [6.07, 6.45) is 5.11. The van der Waals surface area contributed by atoms with E-state index in [9.17, 15) is 4.39 Å². The summed E-state index contributed by atoms with van der Waals surface area (Å²) >= 11 is 1.60. The Labute approximate surface area is 205 Å². The maximum atomic E-state index is 14.9. The number of anilines is 3. The van der Waals surface area contributed by atoms with E-state index in [2.05, 4.69) is 36.8 Å². The van der Waals surface area contributed by atoms with Crippen LogP contribution in [0.25, 0.3) is 32.2 Å². The summed E-state index contributed by atoms with van der Waals surface area (Å²) in [7, 11) is 3.84. The van der Waals surface area contributed by atoms with Crippen LogP contribution in [0.1, 0.15) is 6.42 Å². The first-order valence-electron chi connectivity index (χ1n) is 11.5. The van der Waals surface area contributed by atoms with Gasteiger partial charge in [-0.3, -0.25) is 4.68 Å². The molecule has 1 aliphatic heterocycles. The van der Waals surface area contributed by atoms with Crippen LogP contribution in [0.3, 0.4) is 0 Å². The Morgan fingerprint density at radius 1 is 1.09 bits per heavy atom. The summed E-state index contributed by atoms with van der Waals surface area (Å²) in [5, 5.41) is 12.1. The van der Waals surface area contributed by atoms with E-state index in [0.717, 1.165) is 56.6 Å². The lowest BCUT2D eigenvalue weighted by atomic mass is 9.99. The Balaban J connectivity index is 1.42. The zero-order chi connectivity index (χ0) is 23.9. The molecule has 0 unspecified atom stereocenters. The number of benzene rings is 2. The van der Waals surface area contributed by atoms with Crippen molar-refractivity contribution in [1.29, 1.82) is 0 Å². The summed E-state index contributed by atoms with van der Waals surface area (Å²) in [4.78, 5) is 15.4. The monoisotopic (exact) mass is 488 g/mol. The van der Waals surface area contributed by atoms with Crippen molar-refractivity contribution in [3.8, 4) is 11.1 Å². The first-order valence-corrected chi connectivity index (χ1v) is 12.4. The Bertz CT molecular complexity index is 1510. The van der Waals surface area contributed by atoms with Crippen LogP contribution in [0.4, 0.5) is 21.6 Å². The van der Waals surface area contributed by atoms with Crippen LogP contribution in [-0.4, -0.2) is 62.0 Å². The number of fused-ring (bicyclic) bond motifs is 2. The van der Waals surface area contributed by atoms with Gasteiger partial charge in [-0.15, -0.1) is 11.3 Å². The molecule has 6 rings (SSSR count). The maximum Gasteiger partial charge on any atom is 0.141 e. The van der Waals surface area contributed by atoms with E-state index in [1.807, 2.05) is 61.2 Å². The third-order valence-electron chi connectivity index (χ3n) is 6.47. The highest BCUT2D eigenvalue weighted by Gasteiger charge is 2.28. The number of aromatic nitrogens is 5. The van der Waals surface area contributed by atoms with E-state index in [1.165, 1.54) is 0 Å². The Morgan fingerprint density at radius 3 is 2.83 bits per heavy atom. The number of piperidine rings is 1. The second kappa shape index (κ2) is 8.86. The van der Waals surface area contributed by atoms with E-state index in [-0.39, 0.29) is 6.04 Å². The fraction of sp³-hybridized carbons (Fsp3) is 0.280. The molecule has 3 aromatic heterocycles. The van der Waals surface area contributed by atoms with Crippen molar-refractivity contribution in [1.82, 2.24) is 29.6 Å². The fourth-order valence-electron chi connectivity index (χ4n) is 4.61. The van der Waals surface area contributed by atoms with Crippen molar-refractivity contribution in [2.75, 3.05) is 30.8 Å². The predicted octanol–water partition coefficient (Wildman–Crippen LogP) is 4.84. The molecule has 5 aromatic rings. The molecule has 1 fully saturated rings. The Kier molecular flexibility index (Phi) is 5.54. The van der Waals surface area contributed by atoms with Gasteiger partial charge in [0.05, 0.1) is 33.5 Å². The lowest BCUT2D eigenvalue weighted by molar-refractivity contribution is 0.149. The lowest BCUT2D eigenvalue weighted by Gasteiger charge is -2.33. The van der Waals surface area contributed by atoms with Crippen LogP contribution in [0, 0.1) is 0 Å². The van der Waals surface area contributed by atoms with Gasteiger partial charge in [-0.25, -0.2) is 19.3 Å². The van der Waals surface area contributed by atoms with Gasteiger partial charge in [0.25, 0.3) is 0 Å². The van der Waals surface area contributed by atoms with E-state index >= 15 is 0 Å². The zero-order valence-electron chi connectivity index (χ0n) is 19.4. The molecule has 2 N–H and O–H groups in total. The molecule has 0 saturated carbocycles. The molecular weight excluding hydrogens is 463 g/mol. The van der Waals surface area contributed by atoms with Crippen molar-refractivity contribution >= 4 is 49.6 Å². The summed E-state index contributed by atoms with van der Waals surface area (Å²) < 4.78 is 17.8. The van der Waals surface area contributed by atoms with Gasteiger partial charge < -0.3 is 15.5 Å². The van der Waals surface area contributed by atoms with E-state index in [0.29, 0.717) is 12.4 Å². The fourth-order valence-corrected chi connectivity index (χ4v) is 5.33. The highest BCUT2D eigenvalue weighted by atomic mass is 32.1. The van der Waals surface area contributed by atoms with Crippen molar-refractivity contribution < 1.29 is 4.39 Å². The number of nitrogens with one attached hydrogen (secondary N) is 2. The van der Waals surface area contributed by atoms with Gasteiger partial charge in [-0.05, 0) is 43.8 Å². The summed E-state index contributed by atoms with van der Waals surface area (Å²) in [6, 6.07) is 9.83. The molecule has 0 aliphatic carbocycles. The highest BCUT2D eigenvalue weighted by Crippen LogP contribution is 2.36. The molecule has 0 amide bonds. The molecule has 10 heteroatoms. The van der Waals surface area contributed by atoms with Gasteiger partial charge in [-0.1, -0.05) is 0 Å². The van der Waals surface area contributed by atoms with Crippen molar-refractivity contribution in [3.05, 3.63) is 54.6 Å². The third kappa shape index (κ3) is 4.30. The molecule has 1 aliphatic rings. The topological polar surface area (TPSA) is 83.8 Å². The van der Waals surface area contributed by atoms with Gasteiger partial charge in [0.1, 0.15) is 18.3 Å². The first-order chi connectivity index (χ1) is 17.0. The standard InChI is InChI=1S/C25H25FN8S/c1-33-6-5-20(19(26)12-33)32-23-9-18-22(8-17(23)15-10-30-34(2)11-15)27-13-28-25(18)31-16-3-4-21-24(7-16)35-14-29-21/h3-4,7-11,13-14,19-20,32H,5-6,12H2,1-2H3,(H,27,28,31)/t19-,20-/m0/s1. The number of aryl methyl sites for hydroxylation is 1. The third-order valence-corrected chi connectivity index (χ3v) is 7.26. The number of likely N-dealkylation sites (tertiary alicyclic amines) is 1. The number of halogens is 1. The number of rotatable bonds is 5. The van der Waals surface area contributed by atoms with E-state index in [4.69, 9.17) is 0 Å². The van der Waals surface area contributed by atoms with E-state index < -0.39 is 6.17 Å². The van der Waals surface area contributed by atoms with Gasteiger partial charge in [-0.2, -0.15) is 5.10 Å². The average molecular weight is 489 g/mol. The molecule has 8 nitrogen and oxygen atoms in total. The normalized spacial score (nSPS) is 18.8. The highest BCUT2D eigenvalue weighted by molar-refractivity contribution is 7.16. The van der Waals surface area contributed by atoms with Crippen LogP contribution < -0.4 is 10.6 Å². The average Bonchev–Trinajstić information content (AvgIpc) is 3.49. The van der Waals surface area contributed by atoms with Crippen molar-refractivity contribution in [3.63, 3.8) is 0 Å². The predicted molar refractivity (Wildman–Crippen MR) is 139 cm³/mol. The number of alkyl halides is 1. The van der Waals surface area contributed by atoms with Crippen molar-refractivity contribution in [2.45, 2.75) is 18.6 Å². The molecule has 2 aromatic carbocycles. The number of hydrogen-bond acceptors (Lipinski definition) is 8. The number of hydrogen-bond donors (Lipinski definition) is 2. The maximum absolute atomic E-state index is 14.9. The summed E-state index contributed by atoms with van der Waals surface area (Å²) in [5.74, 6) is 0.694. The molecular formula is C25H25FN8S. The van der Waals surface area contributed by atoms with Gasteiger partial charge >= 0.3 is 0 Å². The molecule has 2 atom stereocenters. The minimum absolute atomic E-state index is 0.270. The SMILES string of the molecule is CN1CC[C@H](Nc2cc3c(Nc4ccc5ncsc5c4)ncnc3cc2-c2cnn(C)c2)[C@@H](F)C1. The van der Waals surface area contributed by atoms with Crippen LogP contribution in [0.15, 0.2) is 54.6 Å². The van der Waals surface area contributed by atoms with Crippen LogP contribution in [0.5, 0.6) is 0 Å². The van der Waals surface area contributed by atoms with Gasteiger partial charge in [0, 0.05) is 54.2 Å². The summed E-state index contributed by atoms with van der Waals surface area (Å²) in [6.45, 7) is 1.27. The smallest absolute Gasteiger partial charge is 0.141 e. The van der Waals surface area contributed by atoms with Crippen LogP contribution in [0.2, 0.25) is 0 Å². The number of thiazole rings is 1. The second-order valence-corrected chi connectivity index (χ2v) is 9.90. The molecule has 178 valence electrons. The molecule has 0 spiro atoms. The molecule has 4 heterocycles. The molecule has 35 heavy (non-hydrogen) atoms. The number of nitrogens with zero attached hydrogens (tertiary/aromatic N) is 6. The van der Waals surface area contributed by atoms with Gasteiger partial charge in [0.2, 0.25) is 0 Å². The molecule has 1 saturated heterocycles. The molecule has 0 radical (unpaired) electrons. The lowest BCUT2D eigenvalue weighted by Crippen LogP contribution is -2.46. The Morgan fingerprint density at radius 2 is 2.00 bits per heavy atom. The minimum Gasteiger partial charge on any atom is -0.379 e. The minimum atomic E-state index is -0.957. The van der Waals surface area contributed by atoms with Crippen molar-refractivity contribution in [2.24, 2.45) is 7.05 Å².